The van der Waals surface area contributed by atoms with E-state index in [1.54, 1.807) is 0 Å². The molecule has 94 valence electrons. The summed E-state index contributed by atoms with van der Waals surface area (Å²) in [5.41, 5.74) is 0. The highest BCUT2D eigenvalue weighted by molar-refractivity contribution is 7.85. The van der Waals surface area contributed by atoms with Crippen LogP contribution in [-0.4, -0.2) is 24.9 Å². The third-order valence-corrected chi connectivity index (χ3v) is 2.41. The Morgan fingerprint density at radius 3 is 2.59 bits per heavy atom. The Balaban J connectivity index is 2.73. The van der Waals surface area contributed by atoms with Gasteiger partial charge in [-0.25, -0.2) is 0 Å². The molecule has 0 aliphatic heterocycles. The summed E-state index contributed by atoms with van der Waals surface area (Å²) in [7, 11) is -4.34. The summed E-state index contributed by atoms with van der Waals surface area (Å²) in [4.78, 5) is 11.2. The summed E-state index contributed by atoms with van der Waals surface area (Å²) >= 11 is 0. The number of hydrogen-bond donors (Lipinski definition) is 2. The predicted octanol–water partition coefficient (Wildman–Crippen LogP) is 1.06. The van der Waals surface area contributed by atoms with Crippen molar-refractivity contribution in [3.8, 4) is 0 Å². The van der Waals surface area contributed by atoms with Gasteiger partial charge in [0.1, 0.15) is 5.76 Å². The van der Waals surface area contributed by atoms with Gasteiger partial charge in [-0.05, 0) is 32.1 Å². The Hall–Kier alpha value is -1.60. The van der Waals surface area contributed by atoms with Gasteiger partial charge in [0, 0.05) is 12.1 Å². The van der Waals surface area contributed by atoms with Crippen LogP contribution in [0, 0.1) is 0 Å². The van der Waals surface area contributed by atoms with Gasteiger partial charge in [-0.15, -0.1) is 0 Å². The van der Waals surface area contributed by atoms with E-state index < -0.39 is 15.2 Å². The molecule has 0 unspecified atom stereocenters. The number of amides is 1. The van der Waals surface area contributed by atoms with Crippen molar-refractivity contribution in [2.24, 2.45) is 0 Å². The lowest BCUT2D eigenvalue weighted by atomic mass is 10.3. The maximum absolute atomic E-state index is 11.2. The van der Waals surface area contributed by atoms with E-state index in [1.807, 2.05) is 13.8 Å². The fourth-order valence-electron chi connectivity index (χ4n) is 1.05. The van der Waals surface area contributed by atoms with E-state index >= 15 is 0 Å². The van der Waals surface area contributed by atoms with Gasteiger partial charge >= 0.3 is 10.1 Å². The summed E-state index contributed by atoms with van der Waals surface area (Å²) in [6.07, 6.45) is 2.53. The molecule has 0 saturated carbocycles. The summed E-state index contributed by atoms with van der Waals surface area (Å²) in [5.74, 6) is -0.152. The normalized spacial score (nSPS) is 12.2. The van der Waals surface area contributed by atoms with E-state index in [1.165, 1.54) is 18.2 Å². The number of hydrogen-bond acceptors (Lipinski definition) is 4. The molecule has 0 aliphatic carbocycles. The number of carbonyl (C=O) groups is 1. The number of carbonyl (C=O) groups excluding carboxylic acids is 1. The lowest BCUT2D eigenvalue weighted by Crippen LogP contribution is -2.28. The topological polar surface area (TPSA) is 96.6 Å². The highest BCUT2D eigenvalue weighted by Crippen LogP contribution is 2.14. The van der Waals surface area contributed by atoms with Gasteiger partial charge in [0.25, 0.3) is 0 Å². The Bertz CT molecular complexity index is 527. The van der Waals surface area contributed by atoms with Crippen LogP contribution in [0.15, 0.2) is 27.7 Å². The van der Waals surface area contributed by atoms with E-state index in [-0.39, 0.29) is 17.7 Å². The lowest BCUT2D eigenvalue weighted by Gasteiger charge is -2.03. The molecule has 0 radical (unpaired) electrons. The van der Waals surface area contributed by atoms with Crippen molar-refractivity contribution in [2.75, 3.05) is 0 Å². The van der Waals surface area contributed by atoms with Crippen molar-refractivity contribution < 1.29 is 22.2 Å². The second-order valence-electron chi connectivity index (χ2n) is 3.63. The van der Waals surface area contributed by atoms with Crippen LogP contribution in [0.1, 0.15) is 19.6 Å². The smallest absolute Gasteiger partial charge is 0.328 e. The maximum atomic E-state index is 11.2. The largest absolute Gasteiger partial charge is 0.443 e. The molecule has 0 fully saturated rings. The molecule has 6 nitrogen and oxygen atoms in total. The van der Waals surface area contributed by atoms with Crippen LogP contribution in [0.2, 0.25) is 0 Å². The van der Waals surface area contributed by atoms with Crippen molar-refractivity contribution in [3.05, 3.63) is 24.0 Å². The zero-order chi connectivity index (χ0) is 13.1. The Morgan fingerprint density at radius 2 is 2.12 bits per heavy atom. The highest BCUT2D eigenvalue weighted by atomic mass is 32.2. The maximum Gasteiger partial charge on any atom is 0.328 e. The number of furan rings is 1. The monoisotopic (exact) mass is 259 g/mol. The van der Waals surface area contributed by atoms with Gasteiger partial charge < -0.3 is 9.73 Å². The minimum Gasteiger partial charge on any atom is -0.443 e. The minimum atomic E-state index is -4.34. The van der Waals surface area contributed by atoms with Crippen molar-refractivity contribution >= 4 is 22.1 Å². The summed E-state index contributed by atoms with van der Waals surface area (Å²) < 4.78 is 34.8. The first-order chi connectivity index (χ1) is 7.79. The Morgan fingerprint density at radius 1 is 1.47 bits per heavy atom. The first-order valence-electron chi connectivity index (χ1n) is 4.85. The lowest BCUT2D eigenvalue weighted by molar-refractivity contribution is -0.116. The van der Waals surface area contributed by atoms with E-state index in [2.05, 4.69) is 5.32 Å². The molecule has 1 heterocycles. The zero-order valence-corrected chi connectivity index (χ0v) is 10.2. The molecule has 1 aromatic rings. The fraction of sp³-hybridized carbons (Fsp3) is 0.300. The quantitative estimate of drug-likeness (QED) is 0.622. The molecule has 7 heteroatoms. The van der Waals surface area contributed by atoms with E-state index in [9.17, 15) is 13.2 Å². The van der Waals surface area contributed by atoms with Gasteiger partial charge in [0.15, 0.2) is 0 Å². The molecule has 1 aromatic heterocycles. The van der Waals surface area contributed by atoms with Crippen LogP contribution in [0.4, 0.5) is 0 Å². The van der Waals surface area contributed by atoms with Gasteiger partial charge in [0.05, 0.1) is 0 Å². The molecular weight excluding hydrogens is 246 g/mol. The van der Waals surface area contributed by atoms with Gasteiger partial charge in [-0.3, -0.25) is 9.35 Å². The van der Waals surface area contributed by atoms with Crippen LogP contribution in [0.3, 0.4) is 0 Å². The van der Waals surface area contributed by atoms with E-state index in [4.69, 9.17) is 8.97 Å². The van der Waals surface area contributed by atoms with Crippen molar-refractivity contribution in [3.63, 3.8) is 0 Å². The van der Waals surface area contributed by atoms with Crippen LogP contribution < -0.4 is 5.32 Å². The highest BCUT2D eigenvalue weighted by Gasteiger charge is 2.13. The second kappa shape index (κ2) is 5.15. The minimum absolute atomic E-state index is 0.0112. The molecule has 0 spiro atoms. The van der Waals surface area contributed by atoms with Crippen LogP contribution in [-0.2, 0) is 14.9 Å². The van der Waals surface area contributed by atoms with Crippen LogP contribution >= 0.6 is 0 Å². The SMILES string of the molecule is CC(C)NC(=O)/C=C/c1ccc(S(=O)(=O)O)o1. The number of nitrogens with one attached hydrogen (secondary N) is 1. The summed E-state index contributed by atoms with van der Waals surface area (Å²) in [5, 5.41) is 2.06. The third-order valence-electron chi connectivity index (χ3n) is 1.69. The summed E-state index contributed by atoms with van der Waals surface area (Å²) in [6.45, 7) is 3.63. The molecule has 0 aromatic carbocycles. The molecule has 0 bridgehead atoms. The molecule has 1 rings (SSSR count). The molecule has 0 atom stereocenters. The standard InChI is InChI=1S/C10H13NO5S/c1-7(2)11-9(12)5-3-8-4-6-10(16-8)17(13,14)15/h3-7H,1-2H3,(H,11,12)(H,13,14,15)/b5-3+. The zero-order valence-electron chi connectivity index (χ0n) is 9.38. The van der Waals surface area contributed by atoms with E-state index in [0.717, 1.165) is 6.07 Å². The molecule has 17 heavy (non-hydrogen) atoms. The molecular formula is C10H13NO5S. The summed E-state index contributed by atoms with van der Waals surface area (Å²) in [6, 6.07) is 2.45. The van der Waals surface area contributed by atoms with Crippen molar-refractivity contribution in [2.45, 2.75) is 25.0 Å². The van der Waals surface area contributed by atoms with Crippen LogP contribution in [0.25, 0.3) is 6.08 Å². The second-order valence-corrected chi connectivity index (χ2v) is 4.98. The third kappa shape index (κ3) is 4.41. The van der Waals surface area contributed by atoms with E-state index in [0.29, 0.717) is 0 Å². The molecule has 0 aliphatic rings. The Labute approximate surface area is 99.1 Å². The number of rotatable bonds is 4. The van der Waals surface area contributed by atoms with Gasteiger partial charge in [-0.2, -0.15) is 8.42 Å². The van der Waals surface area contributed by atoms with Crippen molar-refractivity contribution in [1.29, 1.82) is 0 Å². The first-order valence-corrected chi connectivity index (χ1v) is 6.29. The van der Waals surface area contributed by atoms with Crippen LogP contribution in [0.5, 0.6) is 0 Å². The van der Waals surface area contributed by atoms with Gasteiger partial charge in [-0.1, -0.05) is 0 Å². The molecule has 2 N–H and O–H groups in total. The first kappa shape index (κ1) is 13.5. The molecule has 0 saturated heterocycles. The average molecular weight is 259 g/mol. The van der Waals surface area contributed by atoms with Gasteiger partial charge in [0.2, 0.25) is 11.0 Å². The average Bonchev–Trinajstić information content (AvgIpc) is 2.61. The molecule has 1 amide bonds. The predicted molar refractivity (Wildman–Crippen MR) is 60.8 cm³/mol. The Kier molecular flexibility index (Phi) is 4.08. The fourth-order valence-corrected chi connectivity index (χ4v) is 1.49. The van der Waals surface area contributed by atoms with Crippen molar-refractivity contribution in [1.82, 2.24) is 5.32 Å².